The zero-order chi connectivity index (χ0) is 13.8. The van der Waals surface area contributed by atoms with Gasteiger partial charge < -0.3 is 10.6 Å². The van der Waals surface area contributed by atoms with Gasteiger partial charge in [0.05, 0.1) is 0 Å². The van der Waals surface area contributed by atoms with Gasteiger partial charge in [-0.25, -0.2) is 9.97 Å². The van der Waals surface area contributed by atoms with Crippen LogP contribution in [0.1, 0.15) is 39.2 Å². The average molecular weight is 262 g/mol. The van der Waals surface area contributed by atoms with Crippen LogP contribution < -0.4 is 10.6 Å². The molecular weight excluding hydrogens is 236 g/mol. The van der Waals surface area contributed by atoms with Crippen LogP contribution >= 0.6 is 0 Å². The van der Waals surface area contributed by atoms with Gasteiger partial charge in [0, 0.05) is 31.5 Å². The fourth-order valence-corrected chi connectivity index (χ4v) is 2.89. The molecule has 1 aromatic heterocycles. The highest BCUT2D eigenvalue weighted by Crippen LogP contribution is 2.23. The van der Waals surface area contributed by atoms with Crippen LogP contribution in [0.2, 0.25) is 0 Å². The maximum atomic E-state index is 5.96. The molecule has 3 atom stereocenters. The Morgan fingerprint density at radius 3 is 2.37 bits per heavy atom. The van der Waals surface area contributed by atoms with Gasteiger partial charge in [-0.2, -0.15) is 0 Å². The van der Waals surface area contributed by atoms with Crippen LogP contribution in [0.3, 0.4) is 0 Å². The number of nitrogens with two attached hydrogens (primary N) is 1. The molecule has 1 aliphatic rings. The molecule has 1 aromatic rings. The summed E-state index contributed by atoms with van der Waals surface area (Å²) in [5.41, 5.74) is 7.09. The number of rotatable bonds is 4. The molecule has 106 valence electrons. The van der Waals surface area contributed by atoms with Crippen molar-refractivity contribution < 1.29 is 0 Å². The number of hydrogen-bond acceptors (Lipinski definition) is 4. The predicted octanol–water partition coefficient (Wildman–Crippen LogP) is 2.24. The first-order valence-corrected chi connectivity index (χ1v) is 7.40. The van der Waals surface area contributed by atoms with Crippen molar-refractivity contribution in [2.75, 3.05) is 18.0 Å². The molecule has 19 heavy (non-hydrogen) atoms. The number of hydrogen-bond donors (Lipinski definition) is 1. The summed E-state index contributed by atoms with van der Waals surface area (Å²) >= 11 is 0. The minimum Gasteiger partial charge on any atom is -0.340 e. The minimum atomic E-state index is 0.212. The van der Waals surface area contributed by atoms with Crippen LogP contribution in [0.5, 0.6) is 0 Å². The summed E-state index contributed by atoms with van der Waals surface area (Å²) < 4.78 is 0. The van der Waals surface area contributed by atoms with E-state index in [1.165, 1.54) is 6.42 Å². The van der Waals surface area contributed by atoms with Crippen LogP contribution in [0.25, 0.3) is 0 Å². The number of aromatic nitrogens is 2. The van der Waals surface area contributed by atoms with Gasteiger partial charge in [-0.1, -0.05) is 20.8 Å². The van der Waals surface area contributed by atoms with Crippen LogP contribution in [-0.4, -0.2) is 29.1 Å². The first kappa shape index (κ1) is 14.3. The van der Waals surface area contributed by atoms with E-state index < -0.39 is 0 Å². The average Bonchev–Trinajstić information content (AvgIpc) is 2.38. The Morgan fingerprint density at radius 1 is 1.26 bits per heavy atom. The van der Waals surface area contributed by atoms with E-state index in [9.17, 15) is 0 Å². The summed E-state index contributed by atoms with van der Waals surface area (Å²) in [6, 6.07) is 0.212. The van der Waals surface area contributed by atoms with Gasteiger partial charge in [0.25, 0.3) is 0 Å². The van der Waals surface area contributed by atoms with Gasteiger partial charge in [0.2, 0.25) is 5.95 Å². The molecule has 0 saturated carbocycles. The lowest BCUT2D eigenvalue weighted by Gasteiger charge is -2.34. The Balaban J connectivity index is 2.01. The normalized spacial score (nSPS) is 25.4. The van der Waals surface area contributed by atoms with Crippen molar-refractivity contribution in [1.82, 2.24) is 9.97 Å². The molecule has 4 nitrogen and oxygen atoms in total. The monoisotopic (exact) mass is 262 g/mol. The molecule has 0 spiro atoms. The lowest BCUT2D eigenvalue weighted by atomic mass is 9.92. The van der Waals surface area contributed by atoms with Crippen molar-refractivity contribution in [2.24, 2.45) is 17.6 Å². The summed E-state index contributed by atoms with van der Waals surface area (Å²) in [6.07, 6.45) is 7.02. The van der Waals surface area contributed by atoms with Crippen LogP contribution in [0, 0.1) is 11.8 Å². The molecule has 2 N–H and O–H groups in total. The van der Waals surface area contributed by atoms with Crippen molar-refractivity contribution in [1.29, 1.82) is 0 Å². The van der Waals surface area contributed by atoms with Gasteiger partial charge in [-0.15, -0.1) is 0 Å². The highest BCUT2D eigenvalue weighted by atomic mass is 15.3. The fourth-order valence-electron chi connectivity index (χ4n) is 2.89. The summed E-state index contributed by atoms with van der Waals surface area (Å²) in [7, 11) is 0. The van der Waals surface area contributed by atoms with Crippen LogP contribution in [-0.2, 0) is 6.42 Å². The molecule has 4 heteroatoms. The standard InChI is InChI=1S/C15H26N4/c1-4-14(16)6-13-7-17-15(18-8-13)19-9-11(2)5-12(3)10-19/h7-8,11-12,14H,4-6,9-10,16H2,1-3H3. The third-order valence-electron chi connectivity index (χ3n) is 3.87. The third kappa shape index (κ3) is 3.90. The minimum absolute atomic E-state index is 0.212. The van der Waals surface area contributed by atoms with E-state index in [-0.39, 0.29) is 6.04 Å². The zero-order valence-electron chi connectivity index (χ0n) is 12.3. The van der Waals surface area contributed by atoms with Gasteiger partial charge in [0.1, 0.15) is 0 Å². The molecule has 1 fully saturated rings. The zero-order valence-corrected chi connectivity index (χ0v) is 12.3. The van der Waals surface area contributed by atoms with Gasteiger partial charge >= 0.3 is 0 Å². The van der Waals surface area contributed by atoms with Crippen molar-refractivity contribution in [2.45, 2.75) is 46.1 Å². The molecule has 2 rings (SSSR count). The maximum Gasteiger partial charge on any atom is 0.225 e. The van der Waals surface area contributed by atoms with Crippen molar-refractivity contribution in [3.8, 4) is 0 Å². The lowest BCUT2D eigenvalue weighted by molar-refractivity contribution is 0.353. The highest BCUT2D eigenvalue weighted by Gasteiger charge is 2.23. The maximum absolute atomic E-state index is 5.96. The highest BCUT2D eigenvalue weighted by molar-refractivity contribution is 5.31. The third-order valence-corrected chi connectivity index (χ3v) is 3.87. The Bertz CT molecular complexity index is 380. The summed E-state index contributed by atoms with van der Waals surface area (Å²) in [4.78, 5) is 11.3. The smallest absolute Gasteiger partial charge is 0.225 e. The molecule has 1 saturated heterocycles. The van der Waals surface area contributed by atoms with E-state index >= 15 is 0 Å². The van der Waals surface area contributed by atoms with Gasteiger partial charge in [-0.05, 0) is 36.7 Å². The number of piperidine rings is 1. The molecule has 0 aliphatic carbocycles. The number of anilines is 1. The quantitative estimate of drug-likeness (QED) is 0.904. The SMILES string of the molecule is CCC(N)Cc1cnc(N2CC(C)CC(C)C2)nc1. The Kier molecular flexibility index (Phi) is 4.75. The Morgan fingerprint density at radius 2 is 1.84 bits per heavy atom. The predicted molar refractivity (Wildman–Crippen MR) is 79.2 cm³/mol. The molecule has 0 radical (unpaired) electrons. The first-order chi connectivity index (χ1) is 9.08. The molecule has 2 heterocycles. The van der Waals surface area contributed by atoms with E-state index in [2.05, 4.69) is 35.6 Å². The molecule has 1 aliphatic heterocycles. The topological polar surface area (TPSA) is 55.0 Å². The number of nitrogens with zero attached hydrogens (tertiary/aromatic N) is 3. The van der Waals surface area contributed by atoms with E-state index in [1.807, 2.05) is 12.4 Å². The largest absolute Gasteiger partial charge is 0.340 e. The van der Waals surface area contributed by atoms with E-state index in [0.29, 0.717) is 0 Å². The molecule has 3 unspecified atom stereocenters. The van der Waals surface area contributed by atoms with E-state index in [0.717, 1.165) is 49.3 Å². The lowest BCUT2D eigenvalue weighted by Crippen LogP contribution is -2.39. The first-order valence-electron chi connectivity index (χ1n) is 7.40. The summed E-state index contributed by atoms with van der Waals surface area (Å²) in [5, 5.41) is 0. The van der Waals surface area contributed by atoms with Crippen LogP contribution in [0.4, 0.5) is 5.95 Å². The van der Waals surface area contributed by atoms with E-state index in [4.69, 9.17) is 5.73 Å². The second kappa shape index (κ2) is 6.33. The summed E-state index contributed by atoms with van der Waals surface area (Å²) in [5.74, 6) is 2.31. The fraction of sp³-hybridized carbons (Fsp3) is 0.733. The Hall–Kier alpha value is -1.16. The second-order valence-corrected chi connectivity index (χ2v) is 6.11. The van der Waals surface area contributed by atoms with Gasteiger partial charge in [0.15, 0.2) is 0 Å². The molecule has 0 bridgehead atoms. The molecular formula is C15H26N4. The summed E-state index contributed by atoms with van der Waals surface area (Å²) in [6.45, 7) is 8.85. The Labute approximate surface area is 116 Å². The second-order valence-electron chi connectivity index (χ2n) is 6.11. The van der Waals surface area contributed by atoms with E-state index in [1.54, 1.807) is 0 Å². The van der Waals surface area contributed by atoms with Crippen molar-refractivity contribution >= 4 is 5.95 Å². The molecule has 0 amide bonds. The van der Waals surface area contributed by atoms with Crippen LogP contribution in [0.15, 0.2) is 12.4 Å². The van der Waals surface area contributed by atoms with Gasteiger partial charge in [-0.3, -0.25) is 0 Å². The van der Waals surface area contributed by atoms with Crippen molar-refractivity contribution in [3.63, 3.8) is 0 Å². The van der Waals surface area contributed by atoms with Crippen molar-refractivity contribution in [3.05, 3.63) is 18.0 Å². The molecule has 0 aromatic carbocycles.